The van der Waals surface area contributed by atoms with Crippen LogP contribution in [-0.2, 0) is 16.2 Å². The first-order valence-electron chi connectivity index (χ1n) is 24.7. The van der Waals surface area contributed by atoms with Crippen molar-refractivity contribution in [1.29, 1.82) is 0 Å². The second-order valence-corrected chi connectivity index (χ2v) is 21.3. The Labute approximate surface area is 407 Å². The van der Waals surface area contributed by atoms with Crippen LogP contribution in [0.2, 0.25) is 0 Å². The van der Waals surface area contributed by atoms with Crippen molar-refractivity contribution in [1.82, 2.24) is 0 Å². The SMILES string of the molecule is CC1(C)c2ccccc2-c2ccc(-c3ccc4c(c3)C(C)(C)c3cc(-c5ccc6c(c5)C(C)(C)c5cc(-c7cc(-c8ccccc8)cc(-c8ccccc8)c7-c7ccccc7)ccc5-6)ccc3-4)cc21. The highest BCUT2D eigenvalue weighted by atomic mass is 14.4. The van der Waals surface area contributed by atoms with Gasteiger partial charge in [0.25, 0.3) is 0 Å². The zero-order valence-corrected chi connectivity index (χ0v) is 40.3. The third-order valence-corrected chi connectivity index (χ3v) is 16.3. The van der Waals surface area contributed by atoms with Crippen LogP contribution in [0.4, 0.5) is 0 Å². The number of fused-ring (bicyclic) bond motifs is 9. The van der Waals surface area contributed by atoms with Gasteiger partial charge in [0.15, 0.2) is 0 Å². The first-order chi connectivity index (χ1) is 33.5. The molecule has 0 aliphatic heterocycles. The van der Waals surface area contributed by atoms with Gasteiger partial charge in [0.1, 0.15) is 0 Å². The Balaban J connectivity index is 0.862. The predicted octanol–water partition coefficient (Wildman–Crippen LogP) is 18.6. The van der Waals surface area contributed by atoms with Gasteiger partial charge in [-0.05, 0) is 176 Å². The van der Waals surface area contributed by atoms with Gasteiger partial charge in [-0.2, -0.15) is 0 Å². The molecular formula is C69H54. The van der Waals surface area contributed by atoms with Gasteiger partial charge in [-0.3, -0.25) is 0 Å². The van der Waals surface area contributed by atoms with Crippen LogP contribution in [0.3, 0.4) is 0 Å². The maximum Gasteiger partial charge on any atom is 0.0159 e. The molecule has 0 bridgehead atoms. The fourth-order valence-electron chi connectivity index (χ4n) is 12.5. The standard InChI is InChI=1S/C69H54/c1-67(2)60-25-17-16-24-52(60)53-31-26-46(38-61(53)67)47-27-32-54-55-33-28-48(40-63(55)68(3,4)62(54)39-47)49-29-34-56-57-35-30-50(42-65(57)69(5,6)64(56)41-49)59-37-51(43-18-10-7-11-19-43)36-58(44-20-12-8-13-21-44)66(59)45-22-14-9-15-23-45/h7-42H,1-6H3. The van der Waals surface area contributed by atoms with Crippen molar-refractivity contribution < 1.29 is 0 Å². The molecule has 0 N–H and O–H groups in total. The fourth-order valence-corrected chi connectivity index (χ4v) is 12.5. The van der Waals surface area contributed by atoms with E-state index in [4.69, 9.17) is 0 Å². The Morgan fingerprint density at radius 2 is 0.493 bits per heavy atom. The predicted molar refractivity (Wildman–Crippen MR) is 292 cm³/mol. The van der Waals surface area contributed by atoms with Gasteiger partial charge in [0.05, 0.1) is 0 Å². The van der Waals surface area contributed by atoms with Crippen molar-refractivity contribution in [3.05, 3.63) is 252 Å². The molecule has 0 aromatic heterocycles. The summed E-state index contributed by atoms with van der Waals surface area (Å²) in [6.07, 6.45) is 0. The summed E-state index contributed by atoms with van der Waals surface area (Å²) in [6.45, 7) is 14.4. The highest BCUT2D eigenvalue weighted by Crippen LogP contribution is 2.55. The average molecular weight is 883 g/mol. The lowest BCUT2D eigenvalue weighted by Gasteiger charge is -2.24. The molecular weight excluding hydrogens is 829 g/mol. The van der Waals surface area contributed by atoms with E-state index >= 15 is 0 Å². The third-order valence-electron chi connectivity index (χ3n) is 16.3. The molecule has 10 aromatic rings. The molecule has 0 unspecified atom stereocenters. The topological polar surface area (TPSA) is 0 Å². The minimum Gasteiger partial charge on any atom is -0.0622 e. The molecule has 0 amide bonds. The van der Waals surface area contributed by atoms with Crippen LogP contribution in [0.15, 0.2) is 218 Å². The summed E-state index contributed by atoms with van der Waals surface area (Å²) < 4.78 is 0. The van der Waals surface area contributed by atoms with Crippen LogP contribution in [0.5, 0.6) is 0 Å². The molecule has 0 saturated carbocycles. The van der Waals surface area contributed by atoms with Crippen molar-refractivity contribution >= 4 is 0 Å². The smallest absolute Gasteiger partial charge is 0.0159 e. The molecule has 3 aliphatic rings. The van der Waals surface area contributed by atoms with Crippen molar-refractivity contribution in [3.63, 3.8) is 0 Å². The van der Waals surface area contributed by atoms with E-state index in [0.717, 1.165) is 0 Å². The van der Waals surface area contributed by atoms with E-state index in [-0.39, 0.29) is 16.2 Å². The second kappa shape index (κ2) is 15.1. The minimum atomic E-state index is -0.207. The monoisotopic (exact) mass is 882 g/mol. The Morgan fingerprint density at radius 3 is 0.928 bits per heavy atom. The molecule has 0 heterocycles. The Morgan fingerprint density at radius 1 is 0.188 bits per heavy atom. The van der Waals surface area contributed by atoms with Crippen molar-refractivity contribution in [2.45, 2.75) is 57.8 Å². The van der Waals surface area contributed by atoms with Crippen molar-refractivity contribution in [2.24, 2.45) is 0 Å². The van der Waals surface area contributed by atoms with Crippen LogP contribution < -0.4 is 0 Å². The largest absolute Gasteiger partial charge is 0.0622 e. The average Bonchev–Trinajstić information content (AvgIpc) is 3.87. The molecule has 10 aromatic carbocycles. The zero-order chi connectivity index (χ0) is 46.8. The van der Waals surface area contributed by atoms with Gasteiger partial charge in [-0.15, -0.1) is 0 Å². The first-order valence-corrected chi connectivity index (χ1v) is 24.7. The lowest BCUT2D eigenvalue weighted by Crippen LogP contribution is -2.16. The summed E-state index contributed by atoms with van der Waals surface area (Å²) in [5.74, 6) is 0. The van der Waals surface area contributed by atoms with Gasteiger partial charge >= 0.3 is 0 Å². The van der Waals surface area contributed by atoms with Crippen LogP contribution in [0.1, 0.15) is 74.9 Å². The van der Waals surface area contributed by atoms with Gasteiger partial charge < -0.3 is 0 Å². The van der Waals surface area contributed by atoms with Crippen LogP contribution in [-0.4, -0.2) is 0 Å². The molecule has 0 saturated heterocycles. The molecule has 0 spiro atoms. The highest BCUT2D eigenvalue weighted by Gasteiger charge is 2.39. The first kappa shape index (κ1) is 41.4. The summed E-state index contributed by atoms with van der Waals surface area (Å²) >= 11 is 0. The molecule has 0 nitrogen and oxygen atoms in total. The molecule has 0 radical (unpaired) electrons. The number of rotatable bonds is 6. The van der Waals surface area contributed by atoms with Gasteiger partial charge in [-0.25, -0.2) is 0 Å². The molecule has 69 heavy (non-hydrogen) atoms. The molecule has 330 valence electrons. The van der Waals surface area contributed by atoms with Crippen molar-refractivity contribution in [3.8, 4) is 100 Å². The highest BCUT2D eigenvalue weighted by molar-refractivity contribution is 5.99. The lowest BCUT2D eigenvalue weighted by atomic mass is 9.79. The summed E-state index contributed by atoms with van der Waals surface area (Å²) in [7, 11) is 0. The van der Waals surface area contributed by atoms with E-state index in [9.17, 15) is 0 Å². The van der Waals surface area contributed by atoms with Crippen LogP contribution >= 0.6 is 0 Å². The van der Waals surface area contributed by atoms with Gasteiger partial charge in [0, 0.05) is 16.2 Å². The normalized spacial score (nSPS) is 14.9. The Bertz CT molecular complexity index is 3710. The maximum atomic E-state index is 2.49. The molecule has 0 fully saturated rings. The van der Waals surface area contributed by atoms with Gasteiger partial charge in [0.2, 0.25) is 0 Å². The maximum absolute atomic E-state index is 2.49. The fraction of sp³-hybridized carbons (Fsp3) is 0.130. The molecule has 3 aliphatic carbocycles. The second-order valence-electron chi connectivity index (χ2n) is 21.3. The molecule has 0 atom stereocenters. The van der Waals surface area contributed by atoms with E-state index in [1.165, 1.54) is 134 Å². The van der Waals surface area contributed by atoms with E-state index < -0.39 is 0 Å². The quantitative estimate of drug-likeness (QED) is 0.156. The summed E-state index contributed by atoms with van der Waals surface area (Å²) in [5.41, 5.74) is 31.0. The summed E-state index contributed by atoms with van der Waals surface area (Å²) in [4.78, 5) is 0. The van der Waals surface area contributed by atoms with E-state index in [1.807, 2.05) is 0 Å². The Hall–Kier alpha value is -7.80. The van der Waals surface area contributed by atoms with Crippen LogP contribution in [0, 0.1) is 0 Å². The zero-order valence-electron chi connectivity index (χ0n) is 40.3. The summed E-state index contributed by atoms with van der Waals surface area (Å²) in [6, 6.07) is 82.3. The number of hydrogen-bond donors (Lipinski definition) is 0. The van der Waals surface area contributed by atoms with Crippen molar-refractivity contribution in [2.75, 3.05) is 0 Å². The third kappa shape index (κ3) is 6.28. The Kier molecular flexibility index (Phi) is 9.06. The molecule has 0 heteroatoms. The van der Waals surface area contributed by atoms with Gasteiger partial charge in [-0.1, -0.05) is 217 Å². The van der Waals surface area contributed by atoms with E-state index in [2.05, 4.69) is 260 Å². The van der Waals surface area contributed by atoms with E-state index in [0.29, 0.717) is 0 Å². The summed E-state index contributed by atoms with van der Waals surface area (Å²) in [5, 5.41) is 0. The lowest BCUT2D eigenvalue weighted by molar-refractivity contribution is 0.659. The molecule has 13 rings (SSSR count). The number of benzene rings is 10. The van der Waals surface area contributed by atoms with E-state index in [1.54, 1.807) is 0 Å². The van der Waals surface area contributed by atoms with Crippen LogP contribution in [0.25, 0.3) is 100 Å². The number of hydrogen-bond acceptors (Lipinski definition) is 0. The minimum absolute atomic E-state index is 0.0295.